The summed E-state index contributed by atoms with van der Waals surface area (Å²) in [5.41, 5.74) is 3.89. The molecule has 1 aliphatic heterocycles. The van der Waals surface area contributed by atoms with Crippen molar-refractivity contribution in [3.05, 3.63) is 76.7 Å². The largest absolute Gasteiger partial charge is 0.369 e. The quantitative estimate of drug-likeness (QED) is 0.805. The standard InChI is InChI=1S/C19H15FN4/c20-16-7-3-1-5-13(16)11-17-15-9-10-22-19(15)24(23-17)18-8-4-2-6-14(18)12-21/h1-8,22H,9-11H2. The van der Waals surface area contributed by atoms with Crippen molar-refractivity contribution in [1.29, 1.82) is 5.26 Å². The molecule has 4 nitrogen and oxygen atoms in total. The maximum atomic E-state index is 14.0. The number of halogens is 1. The summed E-state index contributed by atoms with van der Waals surface area (Å²) in [6.45, 7) is 0.826. The van der Waals surface area contributed by atoms with Crippen molar-refractivity contribution in [2.45, 2.75) is 12.8 Å². The van der Waals surface area contributed by atoms with Crippen LogP contribution < -0.4 is 5.32 Å². The Morgan fingerprint density at radius 2 is 1.96 bits per heavy atom. The van der Waals surface area contributed by atoms with Gasteiger partial charge in [-0.25, -0.2) is 9.07 Å². The van der Waals surface area contributed by atoms with Gasteiger partial charge in [0.15, 0.2) is 0 Å². The molecule has 3 aromatic rings. The van der Waals surface area contributed by atoms with Gasteiger partial charge in [-0.2, -0.15) is 10.4 Å². The minimum Gasteiger partial charge on any atom is -0.369 e. The van der Waals surface area contributed by atoms with Crippen molar-refractivity contribution in [3.63, 3.8) is 0 Å². The first-order chi connectivity index (χ1) is 11.8. The molecule has 0 atom stereocenters. The molecule has 2 aromatic carbocycles. The summed E-state index contributed by atoms with van der Waals surface area (Å²) in [6, 6.07) is 16.3. The third kappa shape index (κ3) is 2.33. The highest BCUT2D eigenvalue weighted by molar-refractivity contribution is 5.60. The second-order valence-electron chi connectivity index (χ2n) is 5.76. The zero-order chi connectivity index (χ0) is 16.5. The summed E-state index contributed by atoms with van der Waals surface area (Å²) >= 11 is 0. The van der Waals surface area contributed by atoms with E-state index in [0.717, 1.165) is 35.7 Å². The van der Waals surface area contributed by atoms with Crippen LogP contribution in [0.2, 0.25) is 0 Å². The number of rotatable bonds is 3. The Morgan fingerprint density at radius 1 is 1.17 bits per heavy atom. The summed E-state index contributed by atoms with van der Waals surface area (Å²) in [7, 11) is 0. The van der Waals surface area contributed by atoms with Gasteiger partial charge in [-0.05, 0) is 30.2 Å². The molecule has 1 N–H and O–H groups in total. The Balaban J connectivity index is 1.81. The summed E-state index contributed by atoms with van der Waals surface area (Å²) in [6.07, 6.45) is 1.30. The highest BCUT2D eigenvalue weighted by Crippen LogP contribution is 2.31. The van der Waals surface area contributed by atoms with E-state index in [-0.39, 0.29) is 5.82 Å². The Labute approximate surface area is 139 Å². The van der Waals surface area contributed by atoms with Crippen molar-refractivity contribution in [3.8, 4) is 11.8 Å². The molecule has 0 unspecified atom stereocenters. The third-order valence-corrected chi connectivity index (χ3v) is 4.30. The van der Waals surface area contributed by atoms with E-state index in [4.69, 9.17) is 0 Å². The lowest BCUT2D eigenvalue weighted by atomic mass is 10.1. The molecule has 1 aromatic heterocycles. The number of anilines is 1. The number of fused-ring (bicyclic) bond motifs is 1. The molecule has 1 aliphatic rings. The molecule has 24 heavy (non-hydrogen) atoms. The van der Waals surface area contributed by atoms with Crippen molar-refractivity contribution < 1.29 is 4.39 Å². The predicted octanol–water partition coefficient (Wildman–Crippen LogP) is 3.44. The second-order valence-corrected chi connectivity index (χ2v) is 5.76. The number of nitrogens with zero attached hydrogens (tertiary/aromatic N) is 3. The van der Waals surface area contributed by atoms with E-state index in [9.17, 15) is 9.65 Å². The topological polar surface area (TPSA) is 53.6 Å². The number of para-hydroxylation sites is 1. The lowest BCUT2D eigenvalue weighted by Gasteiger charge is -2.08. The first-order valence-corrected chi connectivity index (χ1v) is 7.85. The molecule has 0 aliphatic carbocycles. The van der Waals surface area contributed by atoms with Crippen LogP contribution in [0.1, 0.15) is 22.4 Å². The molecule has 0 fully saturated rings. The zero-order valence-corrected chi connectivity index (χ0v) is 13.0. The van der Waals surface area contributed by atoms with E-state index >= 15 is 0 Å². The molecule has 5 heteroatoms. The van der Waals surface area contributed by atoms with Gasteiger partial charge in [0.1, 0.15) is 17.7 Å². The van der Waals surface area contributed by atoms with E-state index in [1.54, 1.807) is 22.9 Å². The smallest absolute Gasteiger partial charge is 0.133 e. The van der Waals surface area contributed by atoms with E-state index < -0.39 is 0 Å². The van der Waals surface area contributed by atoms with Gasteiger partial charge >= 0.3 is 0 Å². The molecule has 2 heterocycles. The van der Waals surface area contributed by atoms with Crippen LogP contribution in [0.3, 0.4) is 0 Å². The fourth-order valence-electron chi connectivity index (χ4n) is 3.14. The Kier molecular flexibility index (Phi) is 3.51. The number of hydrogen-bond donors (Lipinski definition) is 1. The van der Waals surface area contributed by atoms with Gasteiger partial charge in [0.2, 0.25) is 0 Å². The second kappa shape index (κ2) is 5.82. The minimum absolute atomic E-state index is 0.218. The number of benzene rings is 2. The van der Waals surface area contributed by atoms with Crippen LogP contribution in [-0.4, -0.2) is 16.3 Å². The number of nitrogens with one attached hydrogen (secondary N) is 1. The lowest BCUT2D eigenvalue weighted by molar-refractivity contribution is 0.612. The third-order valence-electron chi connectivity index (χ3n) is 4.30. The maximum absolute atomic E-state index is 14.0. The van der Waals surface area contributed by atoms with Gasteiger partial charge in [0, 0.05) is 18.5 Å². The van der Waals surface area contributed by atoms with Gasteiger partial charge in [0.25, 0.3) is 0 Å². The number of nitriles is 1. The molecule has 0 saturated carbocycles. The fraction of sp³-hybridized carbons (Fsp3) is 0.158. The first-order valence-electron chi connectivity index (χ1n) is 7.85. The molecule has 0 bridgehead atoms. The average Bonchev–Trinajstić information content (AvgIpc) is 3.21. The van der Waals surface area contributed by atoms with Crippen LogP contribution >= 0.6 is 0 Å². The van der Waals surface area contributed by atoms with Crippen molar-refractivity contribution >= 4 is 5.82 Å². The SMILES string of the molecule is N#Cc1ccccc1-n1nc(Cc2ccccc2F)c2c1NCC2. The fourth-order valence-corrected chi connectivity index (χ4v) is 3.14. The predicted molar refractivity (Wildman–Crippen MR) is 89.7 cm³/mol. The minimum atomic E-state index is -0.218. The van der Waals surface area contributed by atoms with Crippen LogP contribution in [0.15, 0.2) is 48.5 Å². The van der Waals surface area contributed by atoms with Crippen molar-refractivity contribution in [1.82, 2.24) is 9.78 Å². The van der Waals surface area contributed by atoms with Gasteiger partial charge in [-0.15, -0.1) is 0 Å². The molecular formula is C19H15FN4. The Hall–Kier alpha value is -3.13. The van der Waals surface area contributed by atoms with Gasteiger partial charge in [-0.3, -0.25) is 0 Å². The van der Waals surface area contributed by atoms with E-state index in [2.05, 4.69) is 16.5 Å². The maximum Gasteiger partial charge on any atom is 0.133 e. The van der Waals surface area contributed by atoms with Crippen LogP contribution in [0.25, 0.3) is 5.69 Å². The number of hydrogen-bond acceptors (Lipinski definition) is 3. The average molecular weight is 318 g/mol. The summed E-state index contributed by atoms with van der Waals surface area (Å²) < 4.78 is 15.8. The first kappa shape index (κ1) is 14.5. The van der Waals surface area contributed by atoms with Crippen molar-refractivity contribution in [2.24, 2.45) is 0 Å². The Bertz CT molecular complexity index is 952. The highest BCUT2D eigenvalue weighted by Gasteiger charge is 2.24. The monoisotopic (exact) mass is 318 g/mol. The van der Waals surface area contributed by atoms with Crippen LogP contribution in [0, 0.1) is 17.1 Å². The highest BCUT2D eigenvalue weighted by atomic mass is 19.1. The molecule has 0 spiro atoms. The molecule has 4 rings (SSSR count). The van der Waals surface area contributed by atoms with Crippen LogP contribution in [0.5, 0.6) is 0 Å². The van der Waals surface area contributed by atoms with E-state index in [0.29, 0.717) is 17.5 Å². The number of aromatic nitrogens is 2. The Morgan fingerprint density at radius 3 is 2.79 bits per heavy atom. The van der Waals surface area contributed by atoms with Gasteiger partial charge in [0.05, 0.1) is 16.9 Å². The molecule has 118 valence electrons. The van der Waals surface area contributed by atoms with E-state index in [1.165, 1.54) is 6.07 Å². The normalized spacial score (nSPS) is 12.5. The van der Waals surface area contributed by atoms with Gasteiger partial charge < -0.3 is 5.32 Å². The summed E-state index contributed by atoms with van der Waals surface area (Å²) in [5.74, 6) is 0.688. The zero-order valence-electron chi connectivity index (χ0n) is 13.0. The van der Waals surface area contributed by atoms with Crippen molar-refractivity contribution in [2.75, 3.05) is 11.9 Å². The molecule has 0 saturated heterocycles. The summed E-state index contributed by atoms with van der Waals surface area (Å²) in [5, 5.41) is 17.4. The summed E-state index contributed by atoms with van der Waals surface area (Å²) in [4.78, 5) is 0. The lowest BCUT2D eigenvalue weighted by Crippen LogP contribution is -2.06. The van der Waals surface area contributed by atoms with E-state index in [1.807, 2.05) is 24.3 Å². The molecule has 0 radical (unpaired) electrons. The molecule has 0 amide bonds. The molecular weight excluding hydrogens is 303 g/mol. The van der Waals surface area contributed by atoms with Crippen LogP contribution in [0.4, 0.5) is 10.2 Å². The van der Waals surface area contributed by atoms with Crippen LogP contribution in [-0.2, 0) is 12.8 Å². The van der Waals surface area contributed by atoms with Gasteiger partial charge in [-0.1, -0.05) is 30.3 Å².